The second-order valence-electron chi connectivity index (χ2n) is 7.58. The molecular weight excluding hydrogens is 375 g/mol. The quantitative estimate of drug-likeness (QED) is 0.363. The molecule has 0 aliphatic carbocycles. The summed E-state index contributed by atoms with van der Waals surface area (Å²) in [7, 11) is 0. The van der Waals surface area contributed by atoms with E-state index in [0.717, 1.165) is 28.4 Å². The van der Waals surface area contributed by atoms with Gasteiger partial charge in [-0.2, -0.15) is 0 Å². The normalized spacial score (nSPS) is 12.6. The van der Waals surface area contributed by atoms with Crippen molar-refractivity contribution in [2.75, 3.05) is 6.61 Å². The van der Waals surface area contributed by atoms with E-state index in [-0.39, 0.29) is 17.7 Å². The van der Waals surface area contributed by atoms with Crippen LogP contribution in [0.5, 0.6) is 17.2 Å². The van der Waals surface area contributed by atoms with E-state index >= 15 is 4.39 Å². The lowest BCUT2D eigenvalue weighted by Gasteiger charge is -2.20. The molecule has 2 nitrogen and oxygen atoms in total. The van der Waals surface area contributed by atoms with Crippen LogP contribution in [-0.2, 0) is 6.42 Å². The molecule has 0 spiro atoms. The minimum absolute atomic E-state index is 0.108. The van der Waals surface area contributed by atoms with Crippen LogP contribution < -0.4 is 9.47 Å². The number of rotatable bonds is 9. The predicted octanol–water partition coefficient (Wildman–Crippen LogP) is 7.71. The van der Waals surface area contributed by atoms with E-state index in [1.54, 1.807) is 6.08 Å². The highest BCUT2D eigenvalue weighted by Crippen LogP contribution is 2.34. The fraction of sp³-hybridized carbons (Fsp3) is 0.259. The van der Waals surface area contributed by atoms with E-state index in [2.05, 4.69) is 0 Å². The molecule has 156 valence electrons. The topological polar surface area (TPSA) is 18.5 Å². The molecule has 0 amide bonds. The summed E-state index contributed by atoms with van der Waals surface area (Å²) in [4.78, 5) is 0. The molecule has 0 saturated carbocycles. The first-order valence-corrected chi connectivity index (χ1v) is 10.5. The van der Waals surface area contributed by atoms with E-state index in [1.807, 2.05) is 99.6 Å². The third kappa shape index (κ3) is 5.96. The maximum Gasteiger partial charge on any atom is 0.127 e. The summed E-state index contributed by atoms with van der Waals surface area (Å²) in [5.41, 5.74) is 1.97. The summed E-state index contributed by atoms with van der Waals surface area (Å²) >= 11 is 0. The summed E-state index contributed by atoms with van der Waals surface area (Å²) in [6.45, 7) is 6.66. The molecular formula is C27H29FO2. The molecule has 3 heteroatoms. The molecule has 0 fully saturated rings. The fourth-order valence-electron chi connectivity index (χ4n) is 3.50. The Labute approximate surface area is 179 Å². The van der Waals surface area contributed by atoms with Crippen LogP contribution in [0, 0.1) is 5.92 Å². The van der Waals surface area contributed by atoms with Gasteiger partial charge in [0.15, 0.2) is 0 Å². The SMILES string of the molecule is CCOc1ccc(C(/C(F)=C/Cc2cccc(Oc3ccccc3)c2)C(C)C)cc1. The van der Waals surface area contributed by atoms with Crippen LogP contribution in [0.2, 0.25) is 0 Å². The van der Waals surface area contributed by atoms with Gasteiger partial charge in [0.05, 0.1) is 6.61 Å². The Morgan fingerprint density at radius 3 is 2.23 bits per heavy atom. The number of ether oxygens (including phenoxy) is 2. The fourth-order valence-corrected chi connectivity index (χ4v) is 3.50. The highest BCUT2D eigenvalue weighted by atomic mass is 19.1. The molecule has 0 saturated heterocycles. The highest BCUT2D eigenvalue weighted by molar-refractivity contribution is 5.36. The van der Waals surface area contributed by atoms with E-state index in [1.165, 1.54) is 0 Å². The zero-order chi connectivity index (χ0) is 21.3. The molecule has 0 aliphatic rings. The average molecular weight is 405 g/mol. The Kier molecular flexibility index (Phi) is 7.67. The number of hydrogen-bond acceptors (Lipinski definition) is 2. The Bertz CT molecular complexity index is 946. The van der Waals surface area contributed by atoms with Crippen LogP contribution in [-0.4, -0.2) is 6.61 Å². The smallest absolute Gasteiger partial charge is 0.127 e. The van der Waals surface area contributed by atoms with Gasteiger partial charge in [0.25, 0.3) is 0 Å². The molecule has 3 aromatic carbocycles. The van der Waals surface area contributed by atoms with Gasteiger partial charge in [-0.15, -0.1) is 0 Å². The van der Waals surface area contributed by atoms with Gasteiger partial charge in [0.2, 0.25) is 0 Å². The maximum absolute atomic E-state index is 15.2. The predicted molar refractivity (Wildman–Crippen MR) is 121 cm³/mol. The number of para-hydroxylation sites is 1. The number of allylic oxidation sites excluding steroid dienone is 2. The standard InChI is InChI=1S/C27H29FO2/c1-4-29-23-16-14-22(15-17-23)27(20(2)3)26(28)18-13-21-9-8-12-25(19-21)30-24-10-6-5-7-11-24/h5-12,14-20,27H,4,13H2,1-3H3/b26-18-. The number of hydrogen-bond donors (Lipinski definition) is 0. The summed E-state index contributed by atoms with van der Waals surface area (Å²) in [5, 5.41) is 0. The minimum atomic E-state index is -0.274. The van der Waals surface area contributed by atoms with E-state index in [4.69, 9.17) is 9.47 Å². The van der Waals surface area contributed by atoms with Crippen molar-refractivity contribution in [1.29, 1.82) is 0 Å². The van der Waals surface area contributed by atoms with Crippen LogP contribution >= 0.6 is 0 Å². The summed E-state index contributed by atoms with van der Waals surface area (Å²) < 4.78 is 26.6. The third-order valence-corrected chi connectivity index (χ3v) is 4.92. The second kappa shape index (κ2) is 10.6. The molecule has 30 heavy (non-hydrogen) atoms. The van der Waals surface area contributed by atoms with E-state index in [0.29, 0.717) is 13.0 Å². The van der Waals surface area contributed by atoms with Crippen molar-refractivity contribution < 1.29 is 13.9 Å². The van der Waals surface area contributed by atoms with Crippen molar-refractivity contribution >= 4 is 0 Å². The maximum atomic E-state index is 15.2. The Morgan fingerprint density at radius 1 is 0.867 bits per heavy atom. The van der Waals surface area contributed by atoms with Gasteiger partial charge in [0, 0.05) is 5.92 Å². The van der Waals surface area contributed by atoms with Crippen molar-refractivity contribution in [1.82, 2.24) is 0 Å². The Hall–Kier alpha value is -3.07. The van der Waals surface area contributed by atoms with E-state index in [9.17, 15) is 0 Å². The van der Waals surface area contributed by atoms with Crippen LogP contribution in [0.1, 0.15) is 37.8 Å². The molecule has 0 radical (unpaired) electrons. The third-order valence-electron chi connectivity index (χ3n) is 4.92. The molecule has 0 bridgehead atoms. The monoisotopic (exact) mass is 404 g/mol. The molecule has 1 unspecified atom stereocenters. The average Bonchev–Trinajstić information content (AvgIpc) is 2.75. The van der Waals surface area contributed by atoms with Crippen molar-refractivity contribution in [2.45, 2.75) is 33.1 Å². The summed E-state index contributed by atoms with van der Waals surface area (Å²) in [6, 6.07) is 25.2. The van der Waals surface area contributed by atoms with Crippen LogP contribution in [0.25, 0.3) is 0 Å². The van der Waals surface area contributed by atoms with Gasteiger partial charge in [0.1, 0.15) is 23.1 Å². The Morgan fingerprint density at radius 2 is 1.57 bits per heavy atom. The molecule has 0 aromatic heterocycles. The van der Waals surface area contributed by atoms with Gasteiger partial charge in [-0.1, -0.05) is 56.3 Å². The second-order valence-corrected chi connectivity index (χ2v) is 7.58. The molecule has 0 N–H and O–H groups in total. The summed E-state index contributed by atoms with van der Waals surface area (Å²) in [6.07, 6.45) is 2.20. The lowest BCUT2D eigenvalue weighted by atomic mass is 9.86. The van der Waals surface area contributed by atoms with Crippen molar-refractivity contribution in [3.8, 4) is 17.2 Å². The molecule has 0 aliphatic heterocycles. The van der Waals surface area contributed by atoms with Crippen molar-refractivity contribution in [3.63, 3.8) is 0 Å². The first kappa shape index (κ1) is 21.6. The molecule has 0 heterocycles. The van der Waals surface area contributed by atoms with Crippen LogP contribution in [0.4, 0.5) is 4.39 Å². The van der Waals surface area contributed by atoms with E-state index < -0.39 is 0 Å². The van der Waals surface area contributed by atoms with Gasteiger partial charge in [-0.3, -0.25) is 0 Å². The number of halogens is 1. The zero-order valence-electron chi connectivity index (χ0n) is 17.8. The first-order chi connectivity index (χ1) is 14.6. The summed E-state index contributed by atoms with van der Waals surface area (Å²) in [5.74, 6) is 2.11. The zero-order valence-corrected chi connectivity index (χ0v) is 17.8. The molecule has 1 atom stereocenters. The lowest BCUT2D eigenvalue weighted by Crippen LogP contribution is -2.08. The van der Waals surface area contributed by atoms with Gasteiger partial charge >= 0.3 is 0 Å². The molecule has 3 rings (SSSR count). The van der Waals surface area contributed by atoms with Gasteiger partial charge in [-0.05, 0) is 72.9 Å². The number of benzene rings is 3. The minimum Gasteiger partial charge on any atom is -0.494 e. The molecule has 3 aromatic rings. The lowest BCUT2D eigenvalue weighted by molar-refractivity contribution is 0.340. The Balaban J connectivity index is 1.72. The van der Waals surface area contributed by atoms with Gasteiger partial charge in [-0.25, -0.2) is 4.39 Å². The van der Waals surface area contributed by atoms with Crippen molar-refractivity contribution in [3.05, 3.63) is 102 Å². The van der Waals surface area contributed by atoms with Gasteiger partial charge < -0.3 is 9.47 Å². The van der Waals surface area contributed by atoms with Crippen molar-refractivity contribution in [2.24, 2.45) is 5.92 Å². The first-order valence-electron chi connectivity index (χ1n) is 10.5. The van der Waals surface area contributed by atoms with Crippen LogP contribution in [0.3, 0.4) is 0 Å². The van der Waals surface area contributed by atoms with Crippen LogP contribution in [0.15, 0.2) is 90.8 Å². The highest BCUT2D eigenvalue weighted by Gasteiger charge is 2.21. The largest absolute Gasteiger partial charge is 0.494 e.